The summed E-state index contributed by atoms with van der Waals surface area (Å²) >= 11 is 0. The fraction of sp³-hybridized carbons (Fsp3) is 0.111. The molecule has 0 amide bonds. The van der Waals surface area contributed by atoms with Gasteiger partial charge in [0.1, 0.15) is 0 Å². The molecule has 1 aromatic heterocycles. The van der Waals surface area contributed by atoms with Gasteiger partial charge < -0.3 is 14.2 Å². The number of nitrogens with zero attached hydrogens (tertiary/aromatic N) is 2. The molecular formula is C54H46N2O. The zero-order valence-electron chi connectivity index (χ0n) is 32.5. The van der Waals surface area contributed by atoms with Crippen molar-refractivity contribution in [3.8, 4) is 16.8 Å². The molecule has 9 rings (SSSR count). The van der Waals surface area contributed by atoms with Gasteiger partial charge in [-0.2, -0.15) is 0 Å². The summed E-state index contributed by atoms with van der Waals surface area (Å²) in [6, 6.07) is 59.6. The highest BCUT2D eigenvalue weighted by Gasteiger charge is 2.20. The Bertz CT molecular complexity index is 2790. The predicted octanol–water partition coefficient (Wildman–Crippen LogP) is 14.6. The smallest absolute Gasteiger partial charge is 0.0730 e. The molecule has 0 saturated carbocycles. The van der Waals surface area contributed by atoms with Crippen LogP contribution in [0.25, 0.3) is 55.0 Å². The lowest BCUT2D eigenvalue weighted by molar-refractivity contribution is 0.109. The number of ether oxygens (including phenoxy) is 1. The third-order valence-corrected chi connectivity index (χ3v) is 11.0. The molecule has 1 heterocycles. The molecule has 57 heavy (non-hydrogen) atoms. The maximum atomic E-state index is 5.64. The fourth-order valence-electron chi connectivity index (χ4n) is 8.28. The van der Waals surface area contributed by atoms with Crippen LogP contribution >= 0.6 is 0 Å². The Morgan fingerprint density at radius 2 is 1.39 bits per heavy atom. The number of aromatic nitrogens is 1. The highest BCUT2D eigenvalue weighted by molar-refractivity contribution is 6.19. The third-order valence-electron chi connectivity index (χ3n) is 11.0. The van der Waals surface area contributed by atoms with Crippen molar-refractivity contribution >= 4 is 55.2 Å². The molecule has 0 aliphatic heterocycles. The van der Waals surface area contributed by atoms with Gasteiger partial charge in [0.25, 0.3) is 0 Å². The van der Waals surface area contributed by atoms with Crippen molar-refractivity contribution in [1.29, 1.82) is 0 Å². The average molecular weight is 739 g/mol. The maximum Gasteiger partial charge on any atom is 0.0730 e. The van der Waals surface area contributed by atoms with Crippen molar-refractivity contribution in [1.82, 2.24) is 4.57 Å². The molecule has 278 valence electrons. The lowest BCUT2D eigenvalue weighted by atomic mass is 9.89. The number of allylic oxidation sites excluding steroid dienone is 7. The van der Waals surface area contributed by atoms with Crippen molar-refractivity contribution in [2.45, 2.75) is 26.4 Å². The van der Waals surface area contributed by atoms with E-state index in [0.717, 1.165) is 35.8 Å². The van der Waals surface area contributed by atoms with Crippen molar-refractivity contribution in [3.05, 3.63) is 212 Å². The molecule has 2 unspecified atom stereocenters. The second kappa shape index (κ2) is 16.2. The first-order valence-electron chi connectivity index (χ1n) is 20.1. The Kier molecular flexibility index (Phi) is 10.2. The summed E-state index contributed by atoms with van der Waals surface area (Å²) in [5.74, 6) is 0.343. The van der Waals surface area contributed by atoms with Crippen LogP contribution in [0.1, 0.15) is 25.8 Å². The van der Waals surface area contributed by atoms with Gasteiger partial charge >= 0.3 is 0 Å². The minimum atomic E-state index is 0.118. The predicted molar refractivity (Wildman–Crippen MR) is 243 cm³/mol. The van der Waals surface area contributed by atoms with E-state index >= 15 is 0 Å². The fourth-order valence-corrected chi connectivity index (χ4v) is 8.28. The second-order valence-electron chi connectivity index (χ2n) is 14.7. The van der Waals surface area contributed by atoms with Gasteiger partial charge in [-0.25, -0.2) is 0 Å². The zero-order valence-corrected chi connectivity index (χ0v) is 32.5. The van der Waals surface area contributed by atoms with Crippen LogP contribution in [0.4, 0.5) is 17.1 Å². The van der Waals surface area contributed by atoms with Gasteiger partial charge in [-0.1, -0.05) is 152 Å². The molecule has 3 nitrogen and oxygen atoms in total. The maximum absolute atomic E-state index is 5.64. The minimum Gasteiger partial charge on any atom is -0.375 e. The number of anilines is 3. The molecule has 0 saturated heterocycles. The van der Waals surface area contributed by atoms with Gasteiger partial charge in [-0.3, -0.25) is 0 Å². The molecule has 8 aromatic rings. The van der Waals surface area contributed by atoms with Crippen molar-refractivity contribution < 1.29 is 4.74 Å². The Balaban J connectivity index is 1.13. The summed E-state index contributed by atoms with van der Waals surface area (Å²) in [4.78, 5) is 2.40. The first-order valence-corrected chi connectivity index (χ1v) is 20.1. The summed E-state index contributed by atoms with van der Waals surface area (Å²) in [6.45, 7) is 4.82. The molecule has 0 fully saturated rings. The summed E-state index contributed by atoms with van der Waals surface area (Å²) in [5, 5.41) is 4.94. The van der Waals surface area contributed by atoms with Gasteiger partial charge in [0.2, 0.25) is 0 Å². The van der Waals surface area contributed by atoms with Gasteiger partial charge in [0.05, 0.1) is 17.1 Å². The number of hydrogen-bond donors (Lipinski definition) is 0. The van der Waals surface area contributed by atoms with Crippen molar-refractivity contribution in [3.63, 3.8) is 0 Å². The van der Waals surface area contributed by atoms with E-state index in [1.165, 1.54) is 54.8 Å². The monoisotopic (exact) mass is 738 g/mol. The highest BCUT2D eigenvalue weighted by atomic mass is 16.5. The van der Waals surface area contributed by atoms with Crippen LogP contribution in [0.15, 0.2) is 206 Å². The summed E-state index contributed by atoms with van der Waals surface area (Å²) < 4.78 is 8.07. The van der Waals surface area contributed by atoms with Gasteiger partial charge in [-0.05, 0) is 108 Å². The van der Waals surface area contributed by atoms with Gasteiger partial charge in [0, 0.05) is 45.5 Å². The van der Waals surface area contributed by atoms with Crippen LogP contribution in [-0.4, -0.2) is 17.3 Å². The molecule has 1 aliphatic carbocycles. The van der Waals surface area contributed by atoms with E-state index in [-0.39, 0.29) is 6.10 Å². The van der Waals surface area contributed by atoms with E-state index in [2.05, 4.69) is 223 Å². The molecule has 0 radical (unpaired) electrons. The lowest BCUT2D eigenvalue weighted by Crippen LogP contribution is -2.10. The van der Waals surface area contributed by atoms with Crippen LogP contribution in [0.5, 0.6) is 0 Å². The SMILES string of the molecule is CCOC(C)/C=C\C=C/C1C=CC=C(c2ccc(N(c3cccc(-c4ccccc4)c3)c3ccc4c(c3)c3ccc5ccccc5c3n4-c3ccccc3)cc2)C1. The molecule has 3 heteroatoms. The standard InChI is InChI=1S/C54H46N2O/c1-3-57-39(2)16-10-11-17-40-18-14-22-44(36-40)42-28-31-47(32-29-42)55(48-26-15-23-45(37-48)41-19-6-4-7-20-41)49-33-35-53-52(38-49)51-34-30-43-21-12-13-27-50(43)54(51)56(53)46-24-8-5-9-25-46/h4-35,37-40H,3,36H2,1-2H3/b16-10-,17-11-. The number of para-hydroxylation sites is 1. The quantitative estimate of drug-likeness (QED) is 0.123. The topological polar surface area (TPSA) is 17.4 Å². The van der Waals surface area contributed by atoms with Crippen molar-refractivity contribution in [2.24, 2.45) is 5.92 Å². The Hall–Kier alpha value is -6.68. The second-order valence-corrected chi connectivity index (χ2v) is 14.7. The van der Waals surface area contributed by atoms with E-state index in [9.17, 15) is 0 Å². The van der Waals surface area contributed by atoms with Crippen LogP contribution in [0, 0.1) is 5.92 Å². The number of rotatable bonds is 11. The van der Waals surface area contributed by atoms with Crippen LogP contribution < -0.4 is 4.90 Å². The summed E-state index contributed by atoms with van der Waals surface area (Å²) in [7, 11) is 0. The summed E-state index contributed by atoms with van der Waals surface area (Å²) in [6.07, 6.45) is 16.4. The first-order chi connectivity index (χ1) is 28.1. The highest BCUT2D eigenvalue weighted by Crippen LogP contribution is 2.42. The van der Waals surface area contributed by atoms with Gasteiger partial charge in [-0.15, -0.1) is 0 Å². The molecule has 2 atom stereocenters. The van der Waals surface area contributed by atoms with E-state index in [4.69, 9.17) is 4.74 Å². The van der Waals surface area contributed by atoms with Crippen LogP contribution in [0.3, 0.4) is 0 Å². The van der Waals surface area contributed by atoms with Crippen molar-refractivity contribution in [2.75, 3.05) is 11.5 Å². The molecule has 0 bridgehead atoms. The molecular weight excluding hydrogens is 693 g/mol. The third kappa shape index (κ3) is 7.38. The molecule has 0 spiro atoms. The van der Waals surface area contributed by atoms with E-state index in [1.807, 2.05) is 6.92 Å². The van der Waals surface area contributed by atoms with E-state index in [1.54, 1.807) is 0 Å². The lowest BCUT2D eigenvalue weighted by Gasteiger charge is -2.27. The number of hydrogen-bond acceptors (Lipinski definition) is 2. The largest absolute Gasteiger partial charge is 0.375 e. The Labute approximate surface area is 335 Å². The summed E-state index contributed by atoms with van der Waals surface area (Å²) in [5.41, 5.74) is 11.9. The normalized spacial score (nSPS) is 14.9. The van der Waals surface area contributed by atoms with E-state index < -0.39 is 0 Å². The molecule has 0 N–H and O–H groups in total. The minimum absolute atomic E-state index is 0.118. The number of fused-ring (bicyclic) bond motifs is 5. The molecule has 7 aromatic carbocycles. The zero-order chi connectivity index (χ0) is 38.6. The Morgan fingerprint density at radius 1 is 0.649 bits per heavy atom. The van der Waals surface area contributed by atoms with Crippen LogP contribution in [-0.2, 0) is 4.74 Å². The van der Waals surface area contributed by atoms with E-state index in [0.29, 0.717) is 5.92 Å². The molecule has 1 aliphatic rings. The van der Waals surface area contributed by atoms with Gasteiger partial charge in [0.15, 0.2) is 0 Å². The Morgan fingerprint density at radius 3 is 2.21 bits per heavy atom. The van der Waals surface area contributed by atoms with Crippen LogP contribution in [0.2, 0.25) is 0 Å². The first kappa shape index (κ1) is 36.0. The average Bonchev–Trinajstić information content (AvgIpc) is 3.61. The number of benzene rings is 7.